The van der Waals surface area contributed by atoms with Crippen molar-refractivity contribution in [2.45, 2.75) is 4.90 Å². The number of fused-ring (bicyclic) bond motifs is 1. The quantitative estimate of drug-likeness (QED) is 0.663. The van der Waals surface area contributed by atoms with Gasteiger partial charge in [-0.25, -0.2) is 13.4 Å². The van der Waals surface area contributed by atoms with Gasteiger partial charge in [0.05, 0.1) is 15.1 Å². The molecule has 4 nitrogen and oxygen atoms in total. The van der Waals surface area contributed by atoms with Crippen molar-refractivity contribution >= 4 is 59.3 Å². The molecule has 0 amide bonds. The Bertz CT molecular complexity index is 824. The second-order valence-corrected chi connectivity index (χ2v) is 8.00. The van der Waals surface area contributed by atoms with Gasteiger partial charge in [0, 0.05) is 3.57 Å². The van der Waals surface area contributed by atoms with Crippen LogP contribution in [0.4, 0.5) is 5.13 Å². The second kappa shape index (κ2) is 5.30. The predicted molar refractivity (Wildman–Crippen MR) is 89.6 cm³/mol. The summed E-state index contributed by atoms with van der Waals surface area (Å²) in [5.74, 6) is 0. The lowest BCUT2D eigenvalue weighted by Gasteiger charge is -2.04. The first-order valence-electron chi connectivity index (χ1n) is 5.68. The van der Waals surface area contributed by atoms with Gasteiger partial charge < -0.3 is 0 Å². The summed E-state index contributed by atoms with van der Waals surface area (Å²) in [4.78, 5) is 4.50. The van der Waals surface area contributed by atoms with Crippen molar-refractivity contribution in [1.29, 1.82) is 0 Å². The fraction of sp³-hybridized carbons (Fsp3) is 0. The predicted octanol–water partition coefficient (Wildman–Crippen LogP) is 3.70. The Kier molecular flexibility index (Phi) is 3.65. The lowest BCUT2D eigenvalue weighted by atomic mass is 10.3. The molecule has 0 bridgehead atoms. The molecule has 20 heavy (non-hydrogen) atoms. The van der Waals surface area contributed by atoms with E-state index in [9.17, 15) is 8.42 Å². The number of thiazole rings is 1. The highest BCUT2D eigenvalue weighted by Crippen LogP contribution is 2.27. The normalized spacial score (nSPS) is 11.7. The van der Waals surface area contributed by atoms with Crippen LogP contribution in [-0.4, -0.2) is 13.4 Å². The molecule has 3 rings (SSSR count). The number of halogens is 1. The fourth-order valence-corrected chi connectivity index (χ4v) is 4.16. The zero-order valence-corrected chi connectivity index (χ0v) is 13.9. The average Bonchev–Trinajstić information content (AvgIpc) is 2.80. The first-order valence-corrected chi connectivity index (χ1v) is 9.06. The van der Waals surface area contributed by atoms with E-state index >= 15 is 0 Å². The van der Waals surface area contributed by atoms with Gasteiger partial charge in [-0.3, -0.25) is 4.72 Å². The van der Waals surface area contributed by atoms with Crippen molar-refractivity contribution in [3.8, 4) is 0 Å². The number of rotatable bonds is 3. The van der Waals surface area contributed by atoms with E-state index in [1.54, 1.807) is 24.3 Å². The molecule has 0 radical (unpaired) electrons. The van der Waals surface area contributed by atoms with Gasteiger partial charge in [0.15, 0.2) is 5.13 Å². The number of sulfonamides is 1. The van der Waals surface area contributed by atoms with E-state index in [1.807, 2.05) is 24.3 Å². The minimum Gasteiger partial charge on any atom is -0.255 e. The van der Waals surface area contributed by atoms with Crippen molar-refractivity contribution < 1.29 is 8.42 Å². The van der Waals surface area contributed by atoms with E-state index in [0.717, 1.165) is 13.8 Å². The number of aromatic nitrogens is 1. The van der Waals surface area contributed by atoms with Crippen LogP contribution in [0.15, 0.2) is 53.4 Å². The van der Waals surface area contributed by atoms with Crippen LogP contribution in [-0.2, 0) is 10.0 Å². The summed E-state index contributed by atoms with van der Waals surface area (Å²) in [5, 5.41) is 0.379. The number of nitrogens with one attached hydrogen (secondary N) is 1. The molecule has 1 heterocycles. The average molecular weight is 416 g/mol. The summed E-state index contributed by atoms with van der Waals surface area (Å²) in [6.45, 7) is 0. The SMILES string of the molecule is O=S(=O)(Nc1nc2ccccc2s1)c1ccc(I)cc1. The Morgan fingerprint density at radius 1 is 1.05 bits per heavy atom. The molecule has 0 fully saturated rings. The van der Waals surface area contributed by atoms with Crippen LogP contribution in [0.5, 0.6) is 0 Å². The highest BCUT2D eigenvalue weighted by atomic mass is 127. The molecule has 102 valence electrons. The van der Waals surface area contributed by atoms with E-state index in [1.165, 1.54) is 11.3 Å². The third-order valence-corrected chi connectivity index (χ3v) is 5.79. The first kappa shape index (κ1) is 13.8. The lowest BCUT2D eigenvalue weighted by molar-refractivity contribution is 0.601. The zero-order valence-electron chi connectivity index (χ0n) is 10.1. The van der Waals surface area contributed by atoms with Gasteiger partial charge in [0.25, 0.3) is 10.0 Å². The number of benzene rings is 2. The molecular formula is C13H9IN2O2S2. The van der Waals surface area contributed by atoms with Gasteiger partial charge in [-0.15, -0.1) is 0 Å². The molecule has 0 aliphatic carbocycles. The van der Waals surface area contributed by atoms with Gasteiger partial charge >= 0.3 is 0 Å². The van der Waals surface area contributed by atoms with Crippen molar-refractivity contribution in [1.82, 2.24) is 4.98 Å². The van der Waals surface area contributed by atoms with Crippen LogP contribution in [0.25, 0.3) is 10.2 Å². The number of nitrogens with zero attached hydrogens (tertiary/aromatic N) is 1. The first-order chi connectivity index (χ1) is 9.54. The topological polar surface area (TPSA) is 59.1 Å². The lowest BCUT2D eigenvalue weighted by Crippen LogP contribution is -2.12. The van der Waals surface area contributed by atoms with Crippen molar-refractivity contribution in [2.24, 2.45) is 0 Å². The summed E-state index contributed by atoms with van der Waals surface area (Å²) in [7, 11) is -3.58. The minimum absolute atomic E-state index is 0.233. The summed E-state index contributed by atoms with van der Waals surface area (Å²) in [6.07, 6.45) is 0. The summed E-state index contributed by atoms with van der Waals surface area (Å²) in [5.41, 5.74) is 0.790. The van der Waals surface area contributed by atoms with Gasteiger partial charge in [0.1, 0.15) is 0 Å². The molecule has 0 spiro atoms. The number of hydrogen-bond acceptors (Lipinski definition) is 4. The van der Waals surface area contributed by atoms with Crippen LogP contribution in [0.2, 0.25) is 0 Å². The molecule has 3 aromatic rings. The molecule has 1 N–H and O–H groups in total. The minimum atomic E-state index is -3.58. The molecule has 1 aromatic heterocycles. The maximum atomic E-state index is 12.2. The maximum absolute atomic E-state index is 12.2. The number of anilines is 1. The molecule has 2 aromatic carbocycles. The van der Waals surface area contributed by atoms with Gasteiger partial charge in [-0.1, -0.05) is 23.5 Å². The fourth-order valence-electron chi connectivity index (χ4n) is 1.70. The molecule has 0 aliphatic heterocycles. The van der Waals surface area contributed by atoms with E-state index in [4.69, 9.17) is 0 Å². The van der Waals surface area contributed by atoms with Gasteiger partial charge in [0.2, 0.25) is 0 Å². The van der Waals surface area contributed by atoms with E-state index in [2.05, 4.69) is 32.3 Å². The third kappa shape index (κ3) is 2.79. The Balaban J connectivity index is 1.94. The Morgan fingerprint density at radius 2 is 1.75 bits per heavy atom. The third-order valence-electron chi connectivity index (χ3n) is 2.64. The molecule has 7 heteroatoms. The van der Waals surface area contributed by atoms with E-state index < -0.39 is 10.0 Å². The highest BCUT2D eigenvalue weighted by Gasteiger charge is 2.16. The molecule has 0 saturated carbocycles. The van der Waals surface area contributed by atoms with Crippen LogP contribution in [0.1, 0.15) is 0 Å². The summed E-state index contributed by atoms with van der Waals surface area (Å²) >= 11 is 3.45. The standard InChI is InChI=1S/C13H9IN2O2S2/c14-9-5-7-10(8-6-9)20(17,18)16-13-15-11-3-1-2-4-12(11)19-13/h1-8H,(H,15,16). The van der Waals surface area contributed by atoms with Crippen LogP contribution in [0.3, 0.4) is 0 Å². The van der Waals surface area contributed by atoms with Crippen molar-refractivity contribution in [3.05, 3.63) is 52.1 Å². The molecule has 0 saturated heterocycles. The maximum Gasteiger partial charge on any atom is 0.263 e. The zero-order chi connectivity index (χ0) is 14.2. The summed E-state index contributed by atoms with van der Waals surface area (Å²) < 4.78 is 28.9. The Morgan fingerprint density at radius 3 is 2.45 bits per heavy atom. The Hall–Kier alpha value is -1.19. The van der Waals surface area contributed by atoms with Crippen LogP contribution < -0.4 is 4.72 Å². The van der Waals surface area contributed by atoms with Gasteiger partial charge in [-0.2, -0.15) is 0 Å². The number of hydrogen-bond donors (Lipinski definition) is 1. The van der Waals surface area contributed by atoms with E-state index in [0.29, 0.717) is 5.13 Å². The monoisotopic (exact) mass is 416 g/mol. The van der Waals surface area contributed by atoms with Crippen molar-refractivity contribution in [2.75, 3.05) is 4.72 Å². The number of para-hydroxylation sites is 1. The molecule has 0 aliphatic rings. The van der Waals surface area contributed by atoms with Crippen LogP contribution in [0, 0.1) is 3.57 Å². The summed E-state index contributed by atoms with van der Waals surface area (Å²) in [6, 6.07) is 14.2. The molecule has 0 unspecified atom stereocenters. The molecule has 0 atom stereocenters. The smallest absolute Gasteiger partial charge is 0.255 e. The largest absolute Gasteiger partial charge is 0.263 e. The molecular weight excluding hydrogens is 407 g/mol. The van der Waals surface area contributed by atoms with Crippen LogP contribution >= 0.6 is 33.9 Å². The van der Waals surface area contributed by atoms with Gasteiger partial charge in [-0.05, 0) is 59.0 Å². The Labute approximate surface area is 134 Å². The van der Waals surface area contributed by atoms with E-state index in [-0.39, 0.29) is 4.90 Å². The highest BCUT2D eigenvalue weighted by molar-refractivity contribution is 14.1. The second-order valence-electron chi connectivity index (χ2n) is 4.05. The van der Waals surface area contributed by atoms with Crippen molar-refractivity contribution in [3.63, 3.8) is 0 Å².